The highest BCUT2D eigenvalue weighted by atomic mass is 16.5. The molecule has 1 fully saturated rings. The Kier molecular flexibility index (Phi) is 2.63. The topological polar surface area (TPSA) is 44.1 Å². The maximum absolute atomic E-state index is 11.8. The normalized spacial score (nSPS) is 15.8. The van der Waals surface area contributed by atoms with Crippen molar-refractivity contribution in [3.8, 4) is 0 Å². The highest BCUT2D eigenvalue weighted by molar-refractivity contribution is 5.01. The molecular formula is C10H14N2O2. The molecule has 4 heteroatoms. The van der Waals surface area contributed by atoms with Crippen LogP contribution >= 0.6 is 0 Å². The number of nitrogens with zero attached hydrogens (tertiary/aromatic N) is 2. The molecule has 2 rings (SSSR count). The molecule has 0 aliphatic heterocycles. The Labute approximate surface area is 82.5 Å². The number of hydrogen-bond acceptors (Lipinski definition) is 3. The molecule has 76 valence electrons. The minimum atomic E-state index is 0.0482. The number of hydrogen-bond donors (Lipinski definition) is 0. The van der Waals surface area contributed by atoms with Gasteiger partial charge in [0.15, 0.2) is 0 Å². The molecule has 1 saturated carbocycles. The van der Waals surface area contributed by atoms with Crippen molar-refractivity contribution in [2.24, 2.45) is 0 Å². The van der Waals surface area contributed by atoms with Gasteiger partial charge in [0.1, 0.15) is 5.69 Å². The lowest BCUT2D eigenvalue weighted by molar-refractivity contribution is 0.201. The Morgan fingerprint density at radius 1 is 1.64 bits per heavy atom. The predicted molar refractivity (Wildman–Crippen MR) is 52.3 cm³/mol. The lowest BCUT2D eigenvalue weighted by Crippen LogP contribution is -2.24. The first kappa shape index (κ1) is 9.40. The summed E-state index contributed by atoms with van der Waals surface area (Å²) in [6, 6.07) is 0.423. The summed E-state index contributed by atoms with van der Waals surface area (Å²) in [4.78, 5) is 15.9. The summed E-state index contributed by atoms with van der Waals surface area (Å²) in [5, 5.41) is 0. The SMILES string of the molecule is COCCc1nccn(C2CC2)c1=O. The molecule has 0 bridgehead atoms. The average Bonchev–Trinajstić information content (AvgIpc) is 3.00. The van der Waals surface area contributed by atoms with Crippen molar-refractivity contribution in [2.45, 2.75) is 25.3 Å². The molecule has 4 nitrogen and oxygen atoms in total. The van der Waals surface area contributed by atoms with Gasteiger partial charge in [0.2, 0.25) is 0 Å². The summed E-state index contributed by atoms with van der Waals surface area (Å²) in [5.74, 6) is 0. The van der Waals surface area contributed by atoms with Crippen molar-refractivity contribution in [2.75, 3.05) is 13.7 Å². The van der Waals surface area contributed by atoms with E-state index in [1.54, 1.807) is 24.1 Å². The fourth-order valence-corrected chi connectivity index (χ4v) is 1.48. The maximum Gasteiger partial charge on any atom is 0.272 e. The summed E-state index contributed by atoms with van der Waals surface area (Å²) in [6.45, 7) is 0.553. The predicted octanol–water partition coefficient (Wildman–Crippen LogP) is 0.767. The van der Waals surface area contributed by atoms with E-state index in [1.807, 2.05) is 0 Å². The fourth-order valence-electron chi connectivity index (χ4n) is 1.48. The van der Waals surface area contributed by atoms with Crippen LogP contribution < -0.4 is 5.56 Å². The summed E-state index contributed by atoms with van der Waals surface area (Å²) < 4.78 is 6.72. The van der Waals surface area contributed by atoms with Gasteiger partial charge < -0.3 is 9.30 Å². The third-order valence-electron chi connectivity index (χ3n) is 2.42. The summed E-state index contributed by atoms with van der Waals surface area (Å²) in [7, 11) is 1.63. The summed E-state index contributed by atoms with van der Waals surface area (Å²) in [6.07, 6.45) is 6.31. The number of aromatic nitrogens is 2. The smallest absolute Gasteiger partial charge is 0.272 e. The van der Waals surface area contributed by atoms with E-state index in [4.69, 9.17) is 4.74 Å². The maximum atomic E-state index is 11.8. The van der Waals surface area contributed by atoms with Crippen LogP contribution in [0.4, 0.5) is 0 Å². The molecule has 0 spiro atoms. The first-order valence-electron chi connectivity index (χ1n) is 4.88. The Hall–Kier alpha value is -1.16. The van der Waals surface area contributed by atoms with E-state index in [9.17, 15) is 4.79 Å². The van der Waals surface area contributed by atoms with E-state index < -0.39 is 0 Å². The van der Waals surface area contributed by atoms with Gasteiger partial charge in [-0.05, 0) is 12.8 Å². The number of rotatable bonds is 4. The molecule has 1 aliphatic carbocycles. The molecule has 0 unspecified atom stereocenters. The van der Waals surface area contributed by atoms with Gasteiger partial charge in [0.25, 0.3) is 5.56 Å². The van der Waals surface area contributed by atoms with Gasteiger partial charge in [-0.2, -0.15) is 0 Å². The molecule has 0 aromatic carbocycles. The molecule has 1 heterocycles. The quantitative estimate of drug-likeness (QED) is 0.711. The van der Waals surface area contributed by atoms with Crippen LogP contribution in [0, 0.1) is 0 Å². The van der Waals surface area contributed by atoms with Crippen molar-refractivity contribution in [3.63, 3.8) is 0 Å². The largest absolute Gasteiger partial charge is 0.384 e. The highest BCUT2D eigenvalue weighted by Crippen LogP contribution is 2.32. The molecule has 1 aromatic heterocycles. The molecule has 14 heavy (non-hydrogen) atoms. The van der Waals surface area contributed by atoms with Crippen molar-refractivity contribution >= 4 is 0 Å². The average molecular weight is 194 g/mol. The second-order valence-corrected chi connectivity index (χ2v) is 3.56. The van der Waals surface area contributed by atoms with Gasteiger partial charge in [0, 0.05) is 32.0 Å². The van der Waals surface area contributed by atoms with Gasteiger partial charge in [-0.15, -0.1) is 0 Å². The summed E-state index contributed by atoms with van der Waals surface area (Å²) in [5.41, 5.74) is 0.660. The monoisotopic (exact) mass is 194 g/mol. The molecule has 0 N–H and O–H groups in total. The molecule has 0 atom stereocenters. The van der Waals surface area contributed by atoms with Crippen LogP contribution in [-0.4, -0.2) is 23.3 Å². The van der Waals surface area contributed by atoms with Crippen LogP contribution in [0.5, 0.6) is 0 Å². The zero-order valence-corrected chi connectivity index (χ0v) is 8.27. The van der Waals surface area contributed by atoms with Gasteiger partial charge in [-0.25, -0.2) is 0 Å². The van der Waals surface area contributed by atoms with Crippen LogP contribution in [0.25, 0.3) is 0 Å². The molecule has 0 radical (unpaired) electrons. The van der Waals surface area contributed by atoms with Crippen molar-refractivity contribution in [1.29, 1.82) is 0 Å². The van der Waals surface area contributed by atoms with E-state index in [1.165, 1.54) is 0 Å². The van der Waals surface area contributed by atoms with Crippen LogP contribution in [0.1, 0.15) is 24.6 Å². The lowest BCUT2D eigenvalue weighted by Gasteiger charge is -2.04. The van der Waals surface area contributed by atoms with Crippen molar-refractivity contribution in [3.05, 3.63) is 28.4 Å². The Morgan fingerprint density at radius 2 is 2.43 bits per heavy atom. The van der Waals surface area contributed by atoms with Crippen molar-refractivity contribution < 1.29 is 4.74 Å². The van der Waals surface area contributed by atoms with E-state index >= 15 is 0 Å². The summed E-state index contributed by atoms with van der Waals surface area (Å²) >= 11 is 0. The number of methoxy groups -OCH3 is 1. The zero-order chi connectivity index (χ0) is 9.97. The van der Waals surface area contributed by atoms with Gasteiger partial charge in [-0.3, -0.25) is 9.78 Å². The van der Waals surface area contributed by atoms with Crippen LogP contribution in [0.2, 0.25) is 0 Å². The molecule has 1 aromatic rings. The first-order valence-corrected chi connectivity index (χ1v) is 4.88. The molecular weight excluding hydrogens is 180 g/mol. The Bertz CT molecular complexity index is 369. The van der Waals surface area contributed by atoms with Gasteiger partial charge in [0.05, 0.1) is 6.61 Å². The standard InChI is InChI=1S/C10H14N2O2/c1-14-7-4-9-10(13)12(6-5-11-9)8-2-3-8/h5-6,8H,2-4,7H2,1H3. The van der Waals surface area contributed by atoms with E-state index in [2.05, 4.69) is 4.98 Å². The molecule has 1 aliphatic rings. The lowest BCUT2D eigenvalue weighted by atomic mass is 10.3. The second kappa shape index (κ2) is 3.92. The molecule has 0 saturated heterocycles. The third-order valence-corrected chi connectivity index (χ3v) is 2.42. The van der Waals surface area contributed by atoms with E-state index in [0.29, 0.717) is 24.8 Å². The van der Waals surface area contributed by atoms with Crippen molar-refractivity contribution in [1.82, 2.24) is 9.55 Å². The van der Waals surface area contributed by atoms with Gasteiger partial charge in [-0.1, -0.05) is 0 Å². The Balaban J connectivity index is 2.22. The second-order valence-electron chi connectivity index (χ2n) is 3.56. The van der Waals surface area contributed by atoms with E-state index in [-0.39, 0.29) is 5.56 Å². The minimum Gasteiger partial charge on any atom is -0.384 e. The first-order chi connectivity index (χ1) is 6.83. The van der Waals surface area contributed by atoms with Crippen LogP contribution in [0.15, 0.2) is 17.2 Å². The van der Waals surface area contributed by atoms with Crippen LogP contribution in [0.3, 0.4) is 0 Å². The number of ether oxygens (including phenoxy) is 1. The van der Waals surface area contributed by atoms with E-state index in [0.717, 1.165) is 12.8 Å². The fraction of sp³-hybridized carbons (Fsp3) is 0.600. The zero-order valence-electron chi connectivity index (χ0n) is 8.27. The van der Waals surface area contributed by atoms with Gasteiger partial charge >= 0.3 is 0 Å². The third kappa shape index (κ3) is 1.85. The minimum absolute atomic E-state index is 0.0482. The highest BCUT2D eigenvalue weighted by Gasteiger charge is 2.24. The van der Waals surface area contributed by atoms with Crippen LogP contribution in [-0.2, 0) is 11.2 Å². The molecule has 0 amide bonds. The Morgan fingerprint density at radius 3 is 3.07 bits per heavy atom.